The molecular formula is C37H53FO2. The van der Waals surface area contributed by atoms with Crippen LogP contribution in [0.3, 0.4) is 0 Å². The van der Waals surface area contributed by atoms with Gasteiger partial charge in [0.15, 0.2) is 0 Å². The van der Waals surface area contributed by atoms with Gasteiger partial charge in [-0.2, -0.15) is 0 Å². The van der Waals surface area contributed by atoms with Crippen molar-refractivity contribution < 1.29 is 14.3 Å². The van der Waals surface area contributed by atoms with Crippen molar-refractivity contribution >= 4 is 11.9 Å². The van der Waals surface area contributed by atoms with E-state index in [1.807, 2.05) is 13.0 Å². The molecule has 0 heterocycles. The number of allylic oxidation sites excluding steroid dienone is 3. The lowest BCUT2D eigenvalue weighted by Gasteiger charge is -2.72. The van der Waals surface area contributed by atoms with Gasteiger partial charge in [-0.3, -0.25) is 4.79 Å². The summed E-state index contributed by atoms with van der Waals surface area (Å²) in [5.74, 6) is 2.35. The van der Waals surface area contributed by atoms with Crippen LogP contribution in [-0.2, 0) is 0 Å². The highest BCUT2D eigenvalue weighted by atomic mass is 19.1. The second kappa shape index (κ2) is 10.2. The molecule has 1 N–H and O–H groups in total. The Morgan fingerprint density at radius 1 is 0.950 bits per heavy atom. The third kappa shape index (κ3) is 3.99. The molecule has 7 unspecified atom stereocenters. The average Bonchev–Trinajstić information content (AvgIpc) is 3.34. The van der Waals surface area contributed by atoms with Gasteiger partial charge in [-0.15, -0.1) is 6.58 Å². The minimum absolute atomic E-state index is 0.125. The first-order chi connectivity index (χ1) is 18.9. The molecule has 0 bridgehead atoms. The van der Waals surface area contributed by atoms with Gasteiger partial charge in [0, 0.05) is 17.7 Å². The summed E-state index contributed by atoms with van der Waals surface area (Å²) >= 11 is 0. The van der Waals surface area contributed by atoms with Crippen LogP contribution in [0.4, 0.5) is 4.39 Å². The standard InChI is InChI=1S/C34H47FO2.C3H6/c1-30(2)24(23-9-8-22(20-36)19-27(23)35)12-15-31(3)28(30)13-16-33(5)29(31)11-10-25-26-7-6-14-34(26,21-37)18-17-32(25,33)4;1-3-2/h8-9,12,19-20,25-26,28-29,37H,6-7,10-11,13-18,21H2,1-5H3;3H,1H2,2H3/t25?,26?,28?,29?,31?,32-,33?,34?;/m1./s1. The van der Waals surface area contributed by atoms with Gasteiger partial charge in [-0.05, 0) is 127 Å². The highest BCUT2D eigenvalue weighted by Gasteiger charge is 2.69. The number of aliphatic hydroxyl groups excluding tert-OH is 1. The number of fused-ring (bicyclic) bond motifs is 7. The fourth-order valence-electron chi connectivity index (χ4n) is 11.9. The molecule has 4 saturated carbocycles. The van der Waals surface area contributed by atoms with Crippen LogP contribution in [0, 0.1) is 56.6 Å². The number of hydrogen-bond acceptors (Lipinski definition) is 2. The summed E-state index contributed by atoms with van der Waals surface area (Å²) in [7, 11) is 0. The fraction of sp³-hybridized carbons (Fsp3) is 0.703. The first-order valence-electron chi connectivity index (χ1n) is 16.0. The number of halogens is 1. The molecule has 2 nitrogen and oxygen atoms in total. The van der Waals surface area contributed by atoms with E-state index in [4.69, 9.17) is 0 Å². The van der Waals surface area contributed by atoms with Crippen LogP contribution in [0.2, 0.25) is 0 Å². The molecule has 220 valence electrons. The summed E-state index contributed by atoms with van der Waals surface area (Å²) in [6.45, 7) is 18.2. The minimum atomic E-state index is -0.271. The second-order valence-corrected chi connectivity index (χ2v) is 15.5. The smallest absolute Gasteiger partial charge is 0.150 e. The quantitative estimate of drug-likeness (QED) is 0.301. The van der Waals surface area contributed by atoms with Gasteiger partial charge in [0.2, 0.25) is 0 Å². The van der Waals surface area contributed by atoms with E-state index in [1.165, 1.54) is 63.9 Å². The number of aliphatic hydroxyl groups is 1. The van der Waals surface area contributed by atoms with Gasteiger partial charge in [0.1, 0.15) is 12.1 Å². The third-order valence-electron chi connectivity index (χ3n) is 13.9. The van der Waals surface area contributed by atoms with Crippen molar-refractivity contribution in [2.24, 2.45) is 50.7 Å². The molecule has 0 spiro atoms. The lowest BCUT2D eigenvalue weighted by Crippen LogP contribution is -2.65. The normalized spacial score (nSPS) is 43.0. The molecule has 5 aliphatic carbocycles. The number of benzene rings is 1. The summed E-state index contributed by atoms with van der Waals surface area (Å²) in [6, 6.07) is 4.98. The molecule has 4 fully saturated rings. The largest absolute Gasteiger partial charge is 0.396 e. The van der Waals surface area contributed by atoms with Crippen LogP contribution in [0.1, 0.15) is 122 Å². The molecule has 0 saturated heterocycles. The van der Waals surface area contributed by atoms with Gasteiger partial charge in [-0.25, -0.2) is 4.39 Å². The van der Waals surface area contributed by atoms with E-state index in [0.717, 1.165) is 24.2 Å². The molecule has 40 heavy (non-hydrogen) atoms. The molecule has 0 amide bonds. The predicted octanol–water partition coefficient (Wildman–Crippen LogP) is 9.67. The Morgan fingerprint density at radius 2 is 1.68 bits per heavy atom. The Kier molecular flexibility index (Phi) is 7.59. The van der Waals surface area contributed by atoms with Crippen molar-refractivity contribution in [2.45, 2.75) is 106 Å². The highest BCUT2D eigenvalue weighted by molar-refractivity contribution is 5.78. The SMILES string of the molecule is C=CC.CC1(C)C(c2ccc(C=O)cc2F)=CCC2(C)C1CCC1(C)C2CCC2C3CCCC3(CO)CC[C@]21C. The number of rotatable bonds is 3. The van der Waals surface area contributed by atoms with Crippen LogP contribution < -0.4 is 0 Å². The van der Waals surface area contributed by atoms with Gasteiger partial charge < -0.3 is 5.11 Å². The highest BCUT2D eigenvalue weighted by Crippen LogP contribution is 2.77. The number of aldehydes is 1. The van der Waals surface area contributed by atoms with E-state index >= 15 is 4.39 Å². The maximum Gasteiger partial charge on any atom is 0.150 e. The summed E-state index contributed by atoms with van der Waals surface area (Å²) in [6.07, 6.45) is 17.2. The van der Waals surface area contributed by atoms with Crippen molar-refractivity contribution in [3.63, 3.8) is 0 Å². The lowest BCUT2D eigenvalue weighted by atomic mass is 9.33. The Hall–Kier alpha value is -1.74. The van der Waals surface area contributed by atoms with E-state index in [9.17, 15) is 9.90 Å². The molecule has 6 rings (SSSR count). The fourth-order valence-corrected chi connectivity index (χ4v) is 11.9. The zero-order valence-electron chi connectivity index (χ0n) is 26.0. The Bertz CT molecular complexity index is 1180. The number of carbonyl (C=O) groups excluding carboxylic acids is 1. The van der Waals surface area contributed by atoms with Gasteiger partial charge in [-0.1, -0.05) is 65.3 Å². The molecule has 8 atom stereocenters. The summed E-state index contributed by atoms with van der Waals surface area (Å²) in [5.41, 5.74) is 3.13. The Labute approximate surface area is 242 Å². The topological polar surface area (TPSA) is 37.3 Å². The molecular weight excluding hydrogens is 495 g/mol. The molecule has 1 aromatic rings. The molecule has 0 radical (unpaired) electrons. The maximum absolute atomic E-state index is 15.2. The first-order valence-corrected chi connectivity index (χ1v) is 16.0. The molecule has 0 aliphatic heterocycles. The van der Waals surface area contributed by atoms with Crippen LogP contribution >= 0.6 is 0 Å². The van der Waals surface area contributed by atoms with Crippen LogP contribution in [-0.4, -0.2) is 18.0 Å². The second-order valence-electron chi connectivity index (χ2n) is 15.5. The Balaban J connectivity index is 0.00000103. The number of hydrogen-bond donors (Lipinski definition) is 1. The Morgan fingerprint density at radius 3 is 2.33 bits per heavy atom. The van der Waals surface area contributed by atoms with Gasteiger partial charge >= 0.3 is 0 Å². The predicted molar refractivity (Wildman–Crippen MR) is 163 cm³/mol. The number of carbonyl (C=O) groups is 1. The summed E-state index contributed by atoms with van der Waals surface area (Å²) < 4.78 is 15.2. The average molecular weight is 549 g/mol. The van der Waals surface area contributed by atoms with E-state index < -0.39 is 0 Å². The van der Waals surface area contributed by atoms with E-state index in [1.54, 1.807) is 12.1 Å². The van der Waals surface area contributed by atoms with Crippen molar-refractivity contribution in [3.8, 4) is 0 Å². The van der Waals surface area contributed by atoms with Crippen LogP contribution in [0.15, 0.2) is 36.9 Å². The summed E-state index contributed by atoms with van der Waals surface area (Å²) in [4.78, 5) is 11.2. The van der Waals surface area contributed by atoms with E-state index in [2.05, 4.69) is 47.3 Å². The van der Waals surface area contributed by atoms with Gasteiger partial charge in [0.25, 0.3) is 0 Å². The zero-order chi connectivity index (χ0) is 29.1. The summed E-state index contributed by atoms with van der Waals surface area (Å²) in [5, 5.41) is 10.5. The van der Waals surface area contributed by atoms with Crippen molar-refractivity contribution in [3.05, 3.63) is 53.9 Å². The van der Waals surface area contributed by atoms with E-state index in [-0.39, 0.29) is 22.1 Å². The zero-order valence-corrected chi connectivity index (χ0v) is 26.0. The van der Waals surface area contributed by atoms with E-state index in [0.29, 0.717) is 46.3 Å². The lowest BCUT2D eigenvalue weighted by molar-refractivity contribution is -0.225. The molecule has 1 aromatic carbocycles. The molecule has 5 aliphatic rings. The van der Waals surface area contributed by atoms with Crippen LogP contribution in [0.5, 0.6) is 0 Å². The van der Waals surface area contributed by atoms with Crippen molar-refractivity contribution in [1.29, 1.82) is 0 Å². The maximum atomic E-state index is 15.2. The van der Waals surface area contributed by atoms with Crippen molar-refractivity contribution in [1.82, 2.24) is 0 Å². The first kappa shape index (κ1) is 29.7. The monoisotopic (exact) mass is 548 g/mol. The third-order valence-corrected chi connectivity index (χ3v) is 13.9. The van der Waals surface area contributed by atoms with Gasteiger partial charge in [0.05, 0.1) is 0 Å². The van der Waals surface area contributed by atoms with Crippen LogP contribution in [0.25, 0.3) is 5.57 Å². The molecule has 3 heteroatoms. The minimum Gasteiger partial charge on any atom is -0.396 e. The molecule has 0 aromatic heterocycles. The van der Waals surface area contributed by atoms with Crippen molar-refractivity contribution in [2.75, 3.05) is 6.61 Å².